The Labute approximate surface area is 107 Å². The van der Waals surface area contributed by atoms with E-state index in [4.69, 9.17) is 4.74 Å². The van der Waals surface area contributed by atoms with Crippen molar-refractivity contribution >= 4 is 5.78 Å². The van der Waals surface area contributed by atoms with Gasteiger partial charge in [0.15, 0.2) is 5.78 Å². The largest absolute Gasteiger partial charge is 0.497 e. The van der Waals surface area contributed by atoms with Crippen LogP contribution in [-0.4, -0.2) is 17.5 Å². The lowest BCUT2D eigenvalue weighted by Gasteiger charge is -2.07. The SMILES string of the molecule is COc1ccc(CCn2cccc2C(C)=O)cc1. The van der Waals surface area contributed by atoms with Crippen LogP contribution in [0.5, 0.6) is 5.75 Å². The fraction of sp³-hybridized carbons (Fsp3) is 0.267. The molecule has 18 heavy (non-hydrogen) atoms. The first-order chi connectivity index (χ1) is 8.70. The van der Waals surface area contributed by atoms with Crippen LogP contribution >= 0.6 is 0 Å². The van der Waals surface area contributed by atoms with Crippen molar-refractivity contribution < 1.29 is 9.53 Å². The fourth-order valence-corrected chi connectivity index (χ4v) is 1.97. The lowest BCUT2D eigenvalue weighted by atomic mass is 10.1. The van der Waals surface area contributed by atoms with Crippen molar-refractivity contribution in [3.8, 4) is 5.75 Å². The number of carbonyl (C=O) groups is 1. The second-order valence-electron chi connectivity index (χ2n) is 4.24. The van der Waals surface area contributed by atoms with Crippen molar-refractivity contribution in [2.75, 3.05) is 7.11 Å². The number of aromatic nitrogens is 1. The summed E-state index contributed by atoms with van der Waals surface area (Å²) in [6.07, 6.45) is 2.85. The Balaban J connectivity index is 2.02. The van der Waals surface area contributed by atoms with Crippen LogP contribution in [0.4, 0.5) is 0 Å². The average Bonchev–Trinajstić information content (AvgIpc) is 2.85. The maximum absolute atomic E-state index is 11.4. The molecule has 0 amide bonds. The normalized spacial score (nSPS) is 10.3. The zero-order chi connectivity index (χ0) is 13.0. The van der Waals surface area contributed by atoms with E-state index in [0.29, 0.717) is 0 Å². The van der Waals surface area contributed by atoms with Gasteiger partial charge in [-0.2, -0.15) is 0 Å². The second kappa shape index (κ2) is 5.54. The summed E-state index contributed by atoms with van der Waals surface area (Å²) in [7, 11) is 1.66. The number of nitrogens with zero attached hydrogens (tertiary/aromatic N) is 1. The standard InChI is InChI=1S/C15H17NO2/c1-12(17)15-4-3-10-16(15)11-9-13-5-7-14(18-2)8-6-13/h3-8,10H,9,11H2,1-2H3. The molecule has 3 heteroatoms. The smallest absolute Gasteiger partial charge is 0.176 e. The quantitative estimate of drug-likeness (QED) is 0.756. The van der Waals surface area contributed by atoms with E-state index in [9.17, 15) is 4.79 Å². The lowest BCUT2D eigenvalue weighted by molar-refractivity contribution is 0.100. The Morgan fingerprint density at radius 2 is 1.94 bits per heavy atom. The molecule has 0 aliphatic carbocycles. The molecule has 0 atom stereocenters. The van der Waals surface area contributed by atoms with E-state index >= 15 is 0 Å². The lowest BCUT2D eigenvalue weighted by Crippen LogP contribution is -2.07. The molecule has 1 heterocycles. The van der Waals surface area contributed by atoms with Gasteiger partial charge < -0.3 is 9.30 Å². The van der Waals surface area contributed by atoms with Gasteiger partial charge in [-0.05, 0) is 36.2 Å². The number of hydrogen-bond donors (Lipinski definition) is 0. The van der Waals surface area contributed by atoms with Gasteiger partial charge in [0, 0.05) is 19.7 Å². The van der Waals surface area contributed by atoms with E-state index in [-0.39, 0.29) is 5.78 Å². The van der Waals surface area contributed by atoms with E-state index in [0.717, 1.165) is 24.4 Å². The molecule has 1 aromatic carbocycles. The number of Topliss-reactive ketones (excluding diaryl/α,β-unsaturated/α-hetero) is 1. The number of ketones is 1. The van der Waals surface area contributed by atoms with Crippen molar-refractivity contribution in [2.45, 2.75) is 19.9 Å². The van der Waals surface area contributed by atoms with Gasteiger partial charge in [-0.15, -0.1) is 0 Å². The van der Waals surface area contributed by atoms with Crippen molar-refractivity contribution in [1.29, 1.82) is 0 Å². The fourth-order valence-electron chi connectivity index (χ4n) is 1.97. The van der Waals surface area contributed by atoms with Crippen LogP contribution in [0.15, 0.2) is 42.6 Å². The molecule has 0 N–H and O–H groups in total. The summed E-state index contributed by atoms with van der Waals surface area (Å²) >= 11 is 0. The summed E-state index contributed by atoms with van der Waals surface area (Å²) in [5.41, 5.74) is 2.00. The predicted molar refractivity (Wildman–Crippen MR) is 71.1 cm³/mol. The van der Waals surface area contributed by atoms with Crippen LogP contribution in [0.2, 0.25) is 0 Å². The van der Waals surface area contributed by atoms with E-state index in [1.165, 1.54) is 5.56 Å². The summed E-state index contributed by atoms with van der Waals surface area (Å²) in [4.78, 5) is 11.4. The van der Waals surface area contributed by atoms with E-state index in [1.807, 2.05) is 35.0 Å². The topological polar surface area (TPSA) is 31.2 Å². The third-order valence-corrected chi connectivity index (χ3v) is 2.99. The molecule has 0 saturated heterocycles. The molecule has 0 radical (unpaired) electrons. The van der Waals surface area contributed by atoms with Crippen LogP contribution < -0.4 is 4.74 Å². The van der Waals surface area contributed by atoms with Crippen LogP contribution in [0.3, 0.4) is 0 Å². The summed E-state index contributed by atoms with van der Waals surface area (Å²) in [5, 5.41) is 0. The summed E-state index contributed by atoms with van der Waals surface area (Å²) in [6, 6.07) is 11.8. The van der Waals surface area contributed by atoms with Crippen molar-refractivity contribution in [1.82, 2.24) is 4.57 Å². The van der Waals surface area contributed by atoms with Crippen molar-refractivity contribution in [2.24, 2.45) is 0 Å². The number of rotatable bonds is 5. The Morgan fingerprint density at radius 3 is 2.56 bits per heavy atom. The summed E-state index contributed by atoms with van der Waals surface area (Å²) < 4.78 is 7.11. The second-order valence-corrected chi connectivity index (χ2v) is 4.24. The van der Waals surface area contributed by atoms with Crippen LogP contribution in [0, 0.1) is 0 Å². The maximum Gasteiger partial charge on any atom is 0.176 e. The molecule has 0 fully saturated rings. The highest BCUT2D eigenvalue weighted by Gasteiger charge is 2.05. The number of carbonyl (C=O) groups excluding carboxylic acids is 1. The molecule has 2 rings (SSSR count). The monoisotopic (exact) mass is 243 g/mol. The van der Waals surface area contributed by atoms with Gasteiger partial charge >= 0.3 is 0 Å². The predicted octanol–water partition coefficient (Wildman–Crippen LogP) is 2.94. The molecule has 0 spiro atoms. The maximum atomic E-state index is 11.4. The number of methoxy groups -OCH3 is 1. The first-order valence-corrected chi connectivity index (χ1v) is 5.99. The molecule has 1 aromatic heterocycles. The van der Waals surface area contributed by atoms with Gasteiger partial charge in [0.05, 0.1) is 12.8 Å². The molecule has 3 nitrogen and oxygen atoms in total. The Kier molecular flexibility index (Phi) is 3.82. The molecule has 0 bridgehead atoms. The number of ether oxygens (including phenoxy) is 1. The molecule has 0 aliphatic heterocycles. The third-order valence-electron chi connectivity index (χ3n) is 2.99. The van der Waals surface area contributed by atoms with Crippen LogP contribution in [0.1, 0.15) is 23.0 Å². The van der Waals surface area contributed by atoms with Gasteiger partial charge in [-0.25, -0.2) is 0 Å². The molecule has 2 aromatic rings. The zero-order valence-electron chi connectivity index (χ0n) is 10.7. The highest BCUT2D eigenvalue weighted by Crippen LogP contribution is 2.13. The zero-order valence-corrected chi connectivity index (χ0v) is 10.7. The van der Waals surface area contributed by atoms with E-state index < -0.39 is 0 Å². The van der Waals surface area contributed by atoms with Gasteiger partial charge in [0.25, 0.3) is 0 Å². The number of benzene rings is 1. The summed E-state index contributed by atoms with van der Waals surface area (Å²) in [6.45, 7) is 2.41. The number of hydrogen-bond acceptors (Lipinski definition) is 2. The minimum absolute atomic E-state index is 0.106. The van der Waals surface area contributed by atoms with Crippen molar-refractivity contribution in [3.63, 3.8) is 0 Å². The van der Waals surface area contributed by atoms with Crippen LogP contribution in [0.25, 0.3) is 0 Å². The Bertz CT molecular complexity index is 526. The van der Waals surface area contributed by atoms with E-state index in [2.05, 4.69) is 12.1 Å². The Morgan fingerprint density at radius 1 is 1.22 bits per heavy atom. The molecular weight excluding hydrogens is 226 g/mol. The highest BCUT2D eigenvalue weighted by molar-refractivity contribution is 5.92. The van der Waals surface area contributed by atoms with Gasteiger partial charge in [0.1, 0.15) is 5.75 Å². The minimum Gasteiger partial charge on any atom is -0.497 e. The molecular formula is C15H17NO2. The summed E-state index contributed by atoms with van der Waals surface area (Å²) in [5.74, 6) is 0.971. The molecule has 0 aliphatic rings. The average molecular weight is 243 g/mol. The number of aryl methyl sites for hydroxylation is 2. The molecule has 0 saturated carbocycles. The van der Waals surface area contributed by atoms with Crippen LogP contribution in [-0.2, 0) is 13.0 Å². The minimum atomic E-state index is 0.106. The van der Waals surface area contributed by atoms with Crippen molar-refractivity contribution in [3.05, 3.63) is 53.9 Å². The van der Waals surface area contributed by atoms with Gasteiger partial charge in [0.2, 0.25) is 0 Å². The Hall–Kier alpha value is -2.03. The highest BCUT2D eigenvalue weighted by atomic mass is 16.5. The molecule has 0 unspecified atom stereocenters. The first-order valence-electron chi connectivity index (χ1n) is 5.99. The van der Waals surface area contributed by atoms with Gasteiger partial charge in [-0.3, -0.25) is 4.79 Å². The molecule has 94 valence electrons. The first kappa shape index (κ1) is 12.4. The third kappa shape index (κ3) is 2.80. The van der Waals surface area contributed by atoms with Gasteiger partial charge in [-0.1, -0.05) is 12.1 Å². The van der Waals surface area contributed by atoms with E-state index in [1.54, 1.807) is 14.0 Å².